The van der Waals surface area contributed by atoms with Crippen molar-refractivity contribution >= 4 is 5.91 Å². The molecule has 2 rings (SSSR count). The Balaban J connectivity index is 2.35. The summed E-state index contributed by atoms with van der Waals surface area (Å²) in [4.78, 5) is 11.8. The predicted molar refractivity (Wildman–Crippen MR) is 68.1 cm³/mol. The summed E-state index contributed by atoms with van der Waals surface area (Å²) in [5, 5.41) is 0. The van der Waals surface area contributed by atoms with E-state index in [9.17, 15) is 4.79 Å². The Morgan fingerprint density at radius 1 is 1.12 bits per heavy atom. The van der Waals surface area contributed by atoms with Crippen molar-refractivity contribution in [1.82, 2.24) is 0 Å². The maximum atomic E-state index is 11.8. The molecule has 1 aliphatic carbocycles. The second-order valence-electron chi connectivity index (χ2n) is 4.93. The van der Waals surface area contributed by atoms with Crippen molar-refractivity contribution in [3.63, 3.8) is 0 Å². The van der Waals surface area contributed by atoms with Gasteiger partial charge in [-0.15, -0.1) is 0 Å². The Kier molecular flexibility index (Phi) is 3.48. The Morgan fingerprint density at radius 2 is 1.71 bits per heavy atom. The molecule has 1 amide bonds. The highest BCUT2D eigenvalue weighted by Gasteiger charge is 2.42. The Labute approximate surface area is 102 Å². The van der Waals surface area contributed by atoms with E-state index in [4.69, 9.17) is 11.5 Å². The molecule has 1 aromatic carbocycles. The molecule has 17 heavy (non-hydrogen) atoms. The maximum Gasteiger partial charge on any atom is 0.242 e. The summed E-state index contributed by atoms with van der Waals surface area (Å²) in [5.41, 5.74) is 11.8. The minimum Gasteiger partial charge on any atom is -0.368 e. The fourth-order valence-electron chi connectivity index (χ4n) is 2.85. The summed E-state index contributed by atoms with van der Waals surface area (Å²) in [6, 6.07) is 9.54. The molecule has 0 spiro atoms. The van der Waals surface area contributed by atoms with Crippen LogP contribution in [-0.4, -0.2) is 5.91 Å². The fraction of sp³-hybridized carbons (Fsp3) is 0.500. The first-order chi connectivity index (χ1) is 8.15. The van der Waals surface area contributed by atoms with E-state index in [1.807, 2.05) is 30.3 Å². The molecule has 0 radical (unpaired) electrons. The molecule has 0 aliphatic heterocycles. The van der Waals surface area contributed by atoms with Crippen molar-refractivity contribution in [3.8, 4) is 0 Å². The topological polar surface area (TPSA) is 69.1 Å². The maximum absolute atomic E-state index is 11.8. The Hall–Kier alpha value is -1.35. The van der Waals surface area contributed by atoms with E-state index in [-0.39, 0.29) is 5.92 Å². The summed E-state index contributed by atoms with van der Waals surface area (Å²) in [6.07, 6.45) is 5.51. The lowest BCUT2D eigenvalue weighted by atomic mass is 9.71. The van der Waals surface area contributed by atoms with Crippen molar-refractivity contribution in [1.29, 1.82) is 0 Å². The normalized spacial score (nSPS) is 20.8. The summed E-state index contributed by atoms with van der Waals surface area (Å²) in [6.45, 7) is 0. The number of hydrogen-bond acceptors (Lipinski definition) is 2. The zero-order valence-corrected chi connectivity index (χ0v) is 10.1. The van der Waals surface area contributed by atoms with E-state index in [1.165, 1.54) is 6.42 Å². The van der Waals surface area contributed by atoms with Gasteiger partial charge in [0, 0.05) is 0 Å². The molecule has 3 nitrogen and oxygen atoms in total. The van der Waals surface area contributed by atoms with Crippen LogP contribution >= 0.6 is 0 Å². The summed E-state index contributed by atoms with van der Waals surface area (Å²) in [7, 11) is 0. The van der Waals surface area contributed by atoms with Crippen molar-refractivity contribution in [2.24, 2.45) is 17.4 Å². The van der Waals surface area contributed by atoms with Crippen LogP contribution in [0.1, 0.15) is 37.7 Å². The van der Waals surface area contributed by atoms with Crippen LogP contribution in [0.2, 0.25) is 0 Å². The highest BCUT2D eigenvalue weighted by Crippen LogP contribution is 2.37. The third kappa shape index (κ3) is 2.20. The highest BCUT2D eigenvalue weighted by molar-refractivity contribution is 5.86. The quantitative estimate of drug-likeness (QED) is 0.835. The summed E-state index contributed by atoms with van der Waals surface area (Å²) < 4.78 is 0. The first kappa shape index (κ1) is 12.1. The van der Waals surface area contributed by atoms with Gasteiger partial charge in [-0.05, 0) is 24.3 Å². The lowest BCUT2D eigenvalue weighted by Crippen LogP contribution is -2.55. The zero-order valence-electron chi connectivity index (χ0n) is 10.1. The molecule has 1 aromatic rings. The first-order valence-corrected chi connectivity index (χ1v) is 6.30. The van der Waals surface area contributed by atoms with Crippen molar-refractivity contribution in [2.75, 3.05) is 0 Å². The third-order valence-corrected chi connectivity index (χ3v) is 3.91. The Bertz CT molecular complexity index is 384. The molecule has 1 aliphatic rings. The van der Waals surface area contributed by atoms with Crippen molar-refractivity contribution in [3.05, 3.63) is 35.9 Å². The number of nitrogens with two attached hydrogens (primary N) is 2. The van der Waals surface area contributed by atoms with E-state index in [2.05, 4.69) is 0 Å². The van der Waals surface area contributed by atoms with Crippen LogP contribution in [0.15, 0.2) is 30.3 Å². The van der Waals surface area contributed by atoms with Gasteiger partial charge in [0.05, 0.1) is 0 Å². The van der Waals surface area contributed by atoms with E-state index in [0.29, 0.717) is 0 Å². The molecular formula is C14H20N2O. The SMILES string of the molecule is NC(=O)C(N)(c1ccccc1)C1CCCCC1. The van der Waals surface area contributed by atoms with Crippen molar-refractivity contribution in [2.45, 2.75) is 37.6 Å². The molecule has 0 bridgehead atoms. The van der Waals surface area contributed by atoms with Gasteiger partial charge in [0.15, 0.2) is 0 Å². The van der Waals surface area contributed by atoms with E-state index in [0.717, 1.165) is 31.2 Å². The molecule has 1 unspecified atom stereocenters. The lowest BCUT2D eigenvalue weighted by molar-refractivity contribution is -0.126. The van der Waals surface area contributed by atoms with Crippen LogP contribution in [0.25, 0.3) is 0 Å². The largest absolute Gasteiger partial charge is 0.368 e. The van der Waals surface area contributed by atoms with Gasteiger partial charge in [-0.3, -0.25) is 4.79 Å². The first-order valence-electron chi connectivity index (χ1n) is 6.30. The second kappa shape index (κ2) is 4.88. The van der Waals surface area contributed by atoms with Gasteiger partial charge in [-0.25, -0.2) is 0 Å². The zero-order chi connectivity index (χ0) is 12.3. The van der Waals surface area contributed by atoms with Gasteiger partial charge in [0.1, 0.15) is 5.54 Å². The highest BCUT2D eigenvalue weighted by atomic mass is 16.1. The molecule has 3 heteroatoms. The van der Waals surface area contributed by atoms with Gasteiger partial charge in [-0.2, -0.15) is 0 Å². The van der Waals surface area contributed by atoms with Gasteiger partial charge < -0.3 is 11.5 Å². The second-order valence-corrected chi connectivity index (χ2v) is 4.93. The minimum atomic E-state index is -0.998. The number of carbonyl (C=O) groups is 1. The van der Waals surface area contributed by atoms with Crippen LogP contribution in [0.4, 0.5) is 0 Å². The summed E-state index contributed by atoms with van der Waals surface area (Å²) in [5.74, 6) is -0.230. The average Bonchev–Trinajstić information content (AvgIpc) is 2.39. The molecule has 92 valence electrons. The van der Waals surface area contributed by atoms with Crippen LogP contribution in [0.5, 0.6) is 0 Å². The minimum absolute atomic E-state index is 0.177. The number of primary amides is 1. The van der Waals surface area contributed by atoms with E-state index in [1.54, 1.807) is 0 Å². The molecule has 0 saturated heterocycles. The fourth-order valence-corrected chi connectivity index (χ4v) is 2.85. The van der Waals surface area contributed by atoms with Gasteiger partial charge in [-0.1, -0.05) is 49.6 Å². The van der Waals surface area contributed by atoms with Gasteiger partial charge in [0.2, 0.25) is 5.91 Å². The van der Waals surface area contributed by atoms with Crippen LogP contribution < -0.4 is 11.5 Å². The van der Waals surface area contributed by atoms with Crippen LogP contribution in [0.3, 0.4) is 0 Å². The number of rotatable bonds is 3. The molecule has 4 N–H and O–H groups in total. The van der Waals surface area contributed by atoms with Crippen molar-refractivity contribution < 1.29 is 4.79 Å². The van der Waals surface area contributed by atoms with Gasteiger partial charge >= 0.3 is 0 Å². The van der Waals surface area contributed by atoms with E-state index < -0.39 is 11.4 Å². The number of amides is 1. The standard InChI is InChI=1S/C14H20N2O/c15-13(17)14(16,11-7-3-1-4-8-11)12-9-5-2-6-10-12/h1,3-4,7-8,12H,2,5-6,9-10,16H2,(H2,15,17). The smallest absolute Gasteiger partial charge is 0.242 e. The van der Waals surface area contributed by atoms with Gasteiger partial charge in [0.25, 0.3) is 0 Å². The molecule has 1 atom stereocenters. The number of carbonyl (C=O) groups excluding carboxylic acids is 1. The third-order valence-electron chi connectivity index (χ3n) is 3.91. The van der Waals surface area contributed by atoms with Crippen LogP contribution in [-0.2, 0) is 10.3 Å². The number of hydrogen-bond donors (Lipinski definition) is 2. The molecule has 0 heterocycles. The average molecular weight is 232 g/mol. The van der Waals surface area contributed by atoms with Crippen LogP contribution in [0, 0.1) is 5.92 Å². The Morgan fingerprint density at radius 3 is 2.24 bits per heavy atom. The predicted octanol–water partition coefficient (Wildman–Crippen LogP) is 1.91. The number of benzene rings is 1. The molecular weight excluding hydrogens is 212 g/mol. The lowest BCUT2D eigenvalue weighted by Gasteiger charge is -2.37. The molecule has 1 saturated carbocycles. The monoisotopic (exact) mass is 232 g/mol. The summed E-state index contributed by atoms with van der Waals surface area (Å²) >= 11 is 0. The molecule has 0 aromatic heterocycles. The van der Waals surface area contributed by atoms with E-state index >= 15 is 0 Å². The molecule has 1 fully saturated rings.